The van der Waals surface area contributed by atoms with E-state index in [1.807, 2.05) is 0 Å². The zero-order valence-corrected chi connectivity index (χ0v) is 25.5. The SMILES string of the molecule is CC(C)(C)OC(=O)NCCS(=O)(=O)OCC1(COc2ccc(C#N)c(F)c2)CN(S(=O)(=O)c2ccc(Cl)cc2Cl)C1. The summed E-state index contributed by atoms with van der Waals surface area (Å²) < 4.78 is 82.5. The second-order valence-corrected chi connectivity index (χ2v) is 14.9. The van der Waals surface area contributed by atoms with Crippen molar-refractivity contribution < 1.29 is 39.7 Å². The molecule has 0 radical (unpaired) electrons. The Morgan fingerprint density at radius 3 is 2.39 bits per heavy atom. The lowest BCUT2D eigenvalue weighted by atomic mass is 9.83. The molecule has 11 nitrogen and oxygen atoms in total. The van der Waals surface area contributed by atoms with Gasteiger partial charge in [0.1, 0.15) is 28.1 Å². The number of nitrogens with zero attached hydrogens (tertiary/aromatic N) is 2. The first kappa shape index (κ1) is 32.8. The van der Waals surface area contributed by atoms with Crippen molar-refractivity contribution in [2.75, 3.05) is 38.6 Å². The van der Waals surface area contributed by atoms with Crippen LogP contribution < -0.4 is 10.1 Å². The van der Waals surface area contributed by atoms with Gasteiger partial charge >= 0.3 is 6.09 Å². The lowest BCUT2D eigenvalue weighted by Crippen LogP contribution is -2.63. The highest BCUT2D eigenvalue weighted by Gasteiger charge is 2.50. The number of halogens is 3. The van der Waals surface area contributed by atoms with E-state index in [4.69, 9.17) is 42.1 Å². The van der Waals surface area contributed by atoms with Crippen LogP contribution in [0.3, 0.4) is 0 Å². The van der Waals surface area contributed by atoms with Crippen LogP contribution in [0.1, 0.15) is 26.3 Å². The Bertz CT molecular complexity index is 1550. The Balaban J connectivity index is 1.72. The number of sulfonamides is 1. The van der Waals surface area contributed by atoms with E-state index in [-0.39, 0.29) is 52.5 Å². The summed E-state index contributed by atoms with van der Waals surface area (Å²) in [4.78, 5) is 11.6. The number of hydrogen-bond donors (Lipinski definition) is 1. The second-order valence-electron chi connectivity index (χ2n) is 10.3. The molecule has 1 aliphatic heterocycles. The number of hydrogen-bond acceptors (Lipinski definition) is 9. The van der Waals surface area contributed by atoms with E-state index >= 15 is 0 Å². The summed E-state index contributed by atoms with van der Waals surface area (Å²) in [5, 5.41) is 11.4. The smallest absolute Gasteiger partial charge is 0.407 e. The number of carbonyl (C=O) groups is 1. The van der Waals surface area contributed by atoms with Crippen LogP contribution in [-0.4, -0.2) is 71.4 Å². The molecule has 0 saturated carbocycles. The van der Waals surface area contributed by atoms with E-state index in [1.165, 1.54) is 30.3 Å². The maximum atomic E-state index is 14.1. The van der Waals surface area contributed by atoms with Crippen molar-refractivity contribution in [2.24, 2.45) is 5.41 Å². The maximum absolute atomic E-state index is 14.1. The minimum absolute atomic E-state index is 0.0485. The molecule has 0 aliphatic carbocycles. The number of ether oxygens (including phenoxy) is 2. The minimum Gasteiger partial charge on any atom is -0.493 e. The maximum Gasteiger partial charge on any atom is 0.407 e. The van der Waals surface area contributed by atoms with Gasteiger partial charge in [-0.2, -0.15) is 18.0 Å². The molecule has 0 aromatic heterocycles. The predicted octanol–water partition coefficient (Wildman–Crippen LogP) is 3.94. The highest BCUT2D eigenvalue weighted by Crippen LogP contribution is 2.38. The summed E-state index contributed by atoms with van der Waals surface area (Å²) in [6.45, 7) is 3.54. The highest BCUT2D eigenvalue weighted by atomic mass is 35.5. The molecule has 1 aliphatic rings. The molecule has 0 bridgehead atoms. The number of nitriles is 1. The van der Waals surface area contributed by atoms with E-state index in [2.05, 4.69) is 5.32 Å². The third kappa shape index (κ3) is 8.91. The van der Waals surface area contributed by atoms with Gasteiger partial charge in [-0.15, -0.1) is 0 Å². The molecule has 224 valence electrons. The van der Waals surface area contributed by atoms with E-state index in [1.54, 1.807) is 26.8 Å². The largest absolute Gasteiger partial charge is 0.493 e. The van der Waals surface area contributed by atoms with Crippen LogP contribution in [0.5, 0.6) is 5.75 Å². The molecule has 1 amide bonds. The zero-order chi connectivity index (χ0) is 30.6. The lowest BCUT2D eigenvalue weighted by Gasteiger charge is -2.48. The van der Waals surface area contributed by atoms with Gasteiger partial charge in [-0.1, -0.05) is 23.2 Å². The Morgan fingerprint density at radius 1 is 1.12 bits per heavy atom. The Labute approximate surface area is 248 Å². The number of alkyl carbamates (subject to hydrolysis) is 1. The average molecular weight is 653 g/mol. The number of amides is 1. The van der Waals surface area contributed by atoms with E-state index < -0.39 is 55.4 Å². The molecule has 0 atom stereocenters. The van der Waals surface area contributed by atoms with Gasteiger partial charge in [-0.3, -0.25) is 4.18 Å². The number of benzene rings is 2. The molecule has 16 heteroatoms. The van der Waals surface area contributed by atoms with Crippen molar-refractivity contribution in [3.8, 4) is 11.8 Å². The van der Waals surface area contributed by atoms with Crippen molar-refractivity contribution in [1.29, 1.82) is 5.26 Å². The predicted molar refractivity (Wildman–Crippen MR) is 148 cm³/mol. The first-order valence-corrected chi connectivity index (χ1v) is 15.8. The zero-order valence-electron chi connectivity index (χ0n) is 22.3. The van der Waals surface area contributed by atoms with Crippen LogP contribution in [0.2, 0.25) is 10.0 Å². The summed E-state index contributed by atoms with van der Waals surface area (Å²) in [6.07, 6.45) is -0.798. The molecule has 0 spiro atoms. The Hall–Kier alpha value is -2.67. The second kappa shape index (κ2) is 12.7. The van der Waals surface area contributed by atoms with Crippen LogP contribution in [-0.2, 0) is 29.1 Å². The molecule has 2 aromatic rings. The molecule has 1 fully saturated rings. The van der Waals surface area contributed by atoms with Crippen molar-refractivity contribution in [3.05, 3.63) is 57.8 Å². The Morgan fingerprint density at radius 2 is 1.80 bits per heavy atom. The number of rotatable bonds is 11. The summed E-state index contributed by atoms with van der Waals surface area (Å²) >= 11 is 12.0. The monoisotopic (exact) mass is 651 g/mol. The van der Waals surface area contributed by atoms with Gasteiger partial charge in [0.15, 0.2) is 0 Å². The van der Waals surface area contributed by atoms with Gasteiger partial charge in [0.05, 0.1) is 35.0 Å². The van der Waals surface area contributed by atoms with Crippen LogP contribution >= 0.6 is 23.2 Å². The molecule has 3 rings (SSSR count). The van der Waals surface area contributed by atoms with Crippen LogP contribution in [0.4, 0.5) is 9.18 Å². The van der Waals surface area contributed by atoms with E-state index in [0.29, 0.717) is 0 Å². The van der Waals surface area contributed by atoms with Gasteiger partial charge in [-0.25, -0.2) is 17.6 Å². The first-order valence-electron chi connectivity index (χ1n) is 12.1. The van der Waals surface area contributed by atoms with Gasteiger partial charge in [0.25, 0.3) is 10.1 Å². The lowest BCUT2D eigenvalue weighted by molar-refractivity contribution is -0.0173. The van der Waals surface area contributed by atoms with Gasteiger partial charge < -0.3 is 14.8 Å². The fourth-order valence-electron chi connectivity index (χ4n) is 3.70. The van der Waals surface area contributed by atoms with Crippen LogP contribution in [0.15, 0.2) is 41.3 Å². The summed E-state index contributed by atoms with van der Waals surface area (Å²) in [6, 6.07) is 9.17. The standard InChI is InChI=1S/C25H28Cl2FN3O8S2/c1-24(2,3)39-23(32)30-8-9-40(33,34)38-16-25(15-37-19-6-4-17(12-29)21(28)11-19)13-31(14-25)41(35,36)22-7-5-18(26)10-20(22)27/h4-7,10-11H,8-9,13-16H2,1-3H3,(H,30,32). The summed E-state index contributed by atoms with van der Waals surface area (Å²) in [5.74, 6) is -1.34. The quantitative estimate of drug-likeness (QED) is 0.356. The number of carbonyl (C=O) groups excluding carboxylic acids is 1. The molecule has 2 aromatic carbocycles. The first-order chi connectivity index (χ1) is 19.0. The third-order valence-corrected chi connectivity index (χ3v) is 9.40. The van der Waals surface area contributed by atoms with E-state index in [9.17, 15) is 26.0 Å². The summed E-state index contributed by atoms with van der Waals surface area (Å²) in [5.41, 5.74) is -2.11. The molecular weight excluding hydrogens is 624 g/mol. The molecule has 41 heavy (non-hydrogen) atoms. The van der Waals surface area contributed by atoms with E-state index in [0.717, 1.165) is 10.4 Å². The van der Waals surface area contributed by atoms with Crippen molar-refractivity contribution in [3.63, 3.8) is 0 Å². The molecular formula is C25H28Cl2FN3O8S2. The minimum atomic E-state index is -4.17. The van der Waals surface area contributed by atoms with Crippen LogP contribution in [0, 0.1) is 22.6 Å². The molecule has 1 heterocycles. The van der Waals surface area contributed by atoms with Gasteiger partial charge in [0.2, 0.25) is 10.0 Å². The van der Waals surface area contributed by atoms with Gasteiger partial charge in [0, 0.05) is 30.7 Å². The van der Waals surface area contributed by atoms with Crippen molar-refractivity contribution in [2.45, 2.75) is 31.3 Å². The van der Waals surface area contributed by atoms with Crippen LogP contribution in [0.25, 0.3) is 0 Å². The molecule has 1 N–H and O–H groups in total. The highest BCUT2D eigenvalue weighted by molar-refractivity contribution is 7.89. The number of nitrogens with one attached hydrogen (secondary N) is 1. The van der Waals surface area contributed by atoms with Gasteiger partial charge in [-0.05, 0) is 51.1 Å². The fourth-order valence-corrected chi connectivity index (χ4v) is 7.01. The summed E-state index contributed by atoms with van der Waals surface area (Å²) in [7, 11) is -8.26. The van der Waals surface area contributed by atoms with Crippen molar-refractivity contribution in [1.82, 2.24) is 9.62 Å². The Kier molecular flexibility index (Phi) is 10.2. The van der Waals surface area contributed by atoms with Crippen molar-refractivity contribution >= 4 is 49.4 Å². The molecule has 0 unspecified atom stereocenters. The third-order valence-electron chi connectivity index (χ3n) is 5.71. The topological polar surface area (TPSA) is 152 Å². The fraction of sp³-hybridized carbons (Fsp3) is 0.440. The normalized spacial score (nSPS) is 15.4. The molecule has 1 saturated heterocycles. The average Bonchev–Trinajstić information content (AvgIpc) is 2.81.